The molecule has 0 radical (unpaired) electrons. The van der Waals surface area contributed by atoms with Crippen molar-refractivity contribution in [2.24, 2.45) is 0 Å². The van der Waals surface area contributed by atoms with Crippen molar-refractivity contribution in [2.45, 2.75) is 39.2 Å². The number of hydrogen-bond acceptors (Lipinski definition) is 3. The molecule has 0 aliphatic carbocycles. The number of halogens is 1. The summed E-state index contributed by atoms with van der Waals surface area (Å²) in [7, 11) is 0. The fourth-order valence-electron chi connectivity index (χ4n) is 2.07. The molecule has 4 heteroatoms. The molecule has 0 saturated heterocycles. The van der Waals surface area contributed by atoms with E-state index < -0.39 is 0 Å². The third kappa shape index (κ3) is 2.99. The van der Waals surface area contributed by atoms with Crippen molar-refractivity contribution < 1.29 is 0 Å². The van der Waals surface area contributed by atoms with Crippen molar-refractivity contribution in [1.29, 1.82) is 0 Å². The van der Waals surface area contributed by atoms with Crippen LogP contribution in [-0.4, -0.2) is 16.0 Å². The average Bonchev–Trinajstić information content (AvgIpc) is 2.38. The Morgan fingerprint density at radius 1 is 1.33 bits per heavy atom. The van der Waals surface area contributed by atoms with Crippen LogP contribution in [0.3, 0.4) is 0 Å². The van der Waals surface area contributed by atoms with Gasteiger partial charge in [0.25, 0.3) is 0 Å². The van der Waals surface area contributed by atoms with Gasteiger partial charge in [-0.1, -0.05) is 20.3 Å². The highest BCUT2D eigenvalue weighted by molar-refractivity contribution is 9.10. The molecule has 2 aromatic heterocycles. The maximum atomic E-state index is 4.46. The van der Waals surface area contributed by atoms with Crippen molar-refractivity contribution in [2.75, 3.05) is 5.32 Å². The third-order valence-electron chi connectivity index (χ3n) is 3.03. The number of hydrogen-bond donors (Lipinski definition) is 1. The first kappa shape index (κ1) is 13.3. The molecule has 2 rings (SSSR count). The van der Waals surface area contributed by atoms with E-state index in [0.717, 1.165) is 27.6 Å². The molecule has 1 unspecified atom stereocenters. The summed E-state index contributed by atoms with van der Waals surface area (Å²) in [6.07, 6.45) is 7.13. The summed E-state index contributed by atoms with van der Waals surface area (Å²) >= 11 is 3.42. The van der Waals surface area contributed by atoms with E-state index in [1.54, 1.807) is 0 Å². The lowest BCUT2D eigenvalue weighted by Gasteiger charge is -2.18. The van der Waals surface area contributed by atoms with E-state index >= 15 is 0 Å². The van der Waals surface area contributed by atoms with Crippen molar-refractivity contribution in [3.05, 3.63) is 29.0 Å². The summed E-state index contributed by atoms with van der Waals surface area (Å²) < 4.78 is 0.959. The maximum absolute atomic E-state index is 4.46. The molecule has 1 N–H and O–H groups in total. The highest BCUT2D eigenvalue weighted by atomic mass is 79.9. The second kappa shape index (κ2) is 6.14. The van der Waals surface area contributed by atoms with Gasteiger partial charge < -0.3 is 5.32 Å². The van der Waals surface area contributed by atoms with Gasteiger partial charge >= 0.3 is 0 Å². The van der Waals surface area contributed by atoms with Crippen LogP contribution in [0, 0.1) is 0 Å². The van der Waals surface area contributed by atoms with Crippen LogP contribution in [0.2, 0.25) is 0 Å². The third-order valence-corrected chi connectivity index (χ3v) is 3.47. The molecule has 0 saturated carbocycles. The molecule has 1 atom stereocenters. The van der Waals surface area contributed by atoms with E-state index in [1.165, 1.54) is 12.8 Å². The van der Waals surface area contributed by atoms with Crippen molar-refractivity contribution in [3.8, 4) is 0 Å². The van der Waals surface area contributed by atoms with Crippen LogP contribution in [0.15, 0.2) is 29.0 Å². The summed E-state index contributed by atoms with van der Waals surface area (Å²) in [5, 5.41) is 3.57. The minimum absolute atomic E-state index is 0.506. The monoisotopic (exact) mass is 307 g/mol. The summed E-state index contributed by atoms with van der Waals surface area (Å²) in [5.41, 5.74) is 2.93. The predicted octanol–water partition coefficient (Wildman–Crippen LogP) is 4.38. The van der Waals surface area contributed by atoms with Crippen LogP contribution in [0.5, 0.6) is 0 Å². The number of anilines is 1. The first-order chi connectivity index (χ1) is 8.74. The van der Waals surface area contributed by atoms with Gasteiger partial charge in [0, 0.05) is 22.9 Å². The molecule has 0 bridgehead atoms. The SMILES string of the molecule is CCCC(CC)Nc1ccnc2cc(Br)cnc12. The average molecular weight is 308 g/mol. The van der Waals surface area contributed by atoms with Gasteiger partial charge in [0.15, 0.2) is 0 Å². The van der Waals surface area contributed by atoms with Gasteiger partial charge in [-0.2, -0.15) is 0 Å². The number of rotatable bonds is 5. The lowest BCUT2D eigenvalue weighted by Crippen LogP contribution is -2.18. The van der Waals surface area contributed by atoms with Gasteiger partial charge in [0.05, 0.1) is 11.2 Å². The van der Waals surface area contributed by atoms with E-state index in [1.807, 2.05) is 24.5 Å². The Balaban J connectivity index is 2.32. The molecule has 0 fully saturated rings. The van der Waals surface area contributed by atoms with Crippen molar-refractivity contribution >= 4 is 32.7 Å². The maximum Gasteiger partial charge on any atom is 0.112 e. The van der Waals surface area contributed by atoms with E-state index in [9.17, 15) is 0 Å². The van der Waals surface area contributed by atoms with E-state index in [4.69, 9.17) is 0 Å². The Hall–Kier alpha value is -1.16. The lowest BCUT2D eigenvalue weighted by atomic mass is 10.1. The lowest BCUT2D eigenvalue weighted by molar-refractivity contribution is 0.623. The number of pyridine rings is 2. The summed E-state index contributed by atoms with van der Waals surface area (Å²) in [4.78, 5) is 8.81. The number of nitrogens with one attached hydrogen (secondary N) is 1. The van der Waals surface area contributed by atoms with Crippen LogP contribution < -0.4 is 5.32 Å². The molecule has 0 aliphatic heterocycles. The largest absolute Gasteiger partial charge is 0.380 e. The highest BCUT2D eigenvalue weighted by Crippen LogP contribution is 2.23. The molecule has 0 aliphatic rings. The summed E-state index contributed by atoms with van der Waals surface area (Å²) in [6.45, 7) is 4.42. The van der Waals surface area contributed by atoms with E-state index in [2.05, 4.69) is 45.1 Å². The molecule has 2 heterocycles. The van der Waals surface area contributed by atoms with Gasteiger partial charge in [-0.05, 0) is 40.9 Å². The zero-order chi connectivity index (χ0) is 13.0. The zero-order valence-electron chi connectivity index (χ0n) is 10.8. The Morgan fingerprint density at radius 3 is 2.89 bits per heavy atom. The zero-order valence-corrected chi connectivity index (χ0v) is 12.4. The molecule has 0 aromatic carbocycles. The molecule has 2 aromatic rings. The van der Waals surface area contributed by atoms with Crippen molar-refractivity contribution in [3.63, 3.8) is 0 Å². The van der Waals surface area contributed by atoms with Crippen molar-refractivity contribution in [1.82, 2.24) is 9.97 Å². The molecule has 0 amide bonds. The Bertz CT molecular complexity index is 527. The van der Waals surface area contributed by atoms with E-state index in [-0.39, 0.29) is 0 Å². The van der Waals surface area contributed by atoms with Gasteiger partial charge in [-0.15, -0.1) is 0 Å². The van der Waals surface area contributed by atoms with Gasteiger partial charge in [-0.25, -0.2) is 0 Å². The van der Waals surface area contributed by atoms with Crippen LogP contribution in [-0.2, 0) is 0 Å². The Kier molecular flexibility index (Phi) is 4.53. The summed E-state index contributed by atoms with van der Waals surface area (Å²) in [5.74, 6) is 0. The quantitative estimate of drug-likeness (QED) is 0.890. The first-order valence-electron chi connectivity index (χ1n) is 6.41. The minimum Gasteiger partial charge on any atom is -0.380 e. The van der Waals surface area contributed by atoms with Gasteiger partial charge in [0.1, 0.15) is 5.52 Å². The normalized spacial score (nSPS) is 12.6. The van der Waals surface area contributed by atoms with Crippen LogP contribution in [0.4, 0.5) is 5.69 Å². The van der Waals surface area contributed by atoms with Gasteiger partial charge in [-0.3, -0.25) is 9.97 Å². The second-order valence-corrected chi connectivity index (χ2v) is 5.33. The summed E-state index contributed by atoms with van der Waals surface area (Å²) in [6, 6.07) is 4.50. The second-order valence-electron chi connectivity index (χ2n) is 4.42. The Morgan fingerprint density at radius 2 is 2.17 bits per heavy atom. The number of nitrogens with zero attached hydrogens (tertiary/aromatic N) is 2. The van der Waals surface area contributed by atoms with Crippen LogP contribution >= 0.6 is 15.9 Å². The minimum atomic E-state index is 0.506. The first-order valence-corrected chi connectivity index (χ1v) is 7.20. The van der Waals surface area contributed by atoms with Crippen LogP contribution in [0.1, 0.15) is 33.1 Å². The topological polar surface area (TPSA) is 37.8 Å². The van der Waals surface area contributed by atoms with Gasteiger partial charge in [0.2, 0.25) is 0 Å². The highest BCUT2D eigenvalue weighted by Gasteiger charge is 2.08. The molecule has 3 nitrogen and oxygen atoms in total. The standard InChI is InChI=1S/C14H18BrN3/c1-3-5-11(4-2)18-12-6-7-16-13-8-10(15)9-17-14(12)13/h6-9,11H,3-5H2,1-2H3,(H,16,18). The number of fused-ring (bicyclic) bond motifs is 1. The fraction of sp³-hybridized carbons (Fsp3) is 0.429. The predicted molar refractivity (Wildman–Crippen MR) is 79.8 cm³/mol. The molecule has 18 heavy (non-hydrogen) atoms. The van der Waals surface area contributed by atoms with E-state index in [0.29, 0.717) is 6.04 Å². The fourth-order valence-corrected chi connectivity index (χ4v) is 2.39. The molecular formula is C14H18BrN3. The van der Waals surface area contributed by atoms with Crippen LogP contribution in [0.25, 0.3) is 11.0 Å². The Labute approximate surface area is 116 Å². The smallest absolute Gasteiger partial charge is 0.112 e. The molecular weight excluding hydrogens is 290 g/mol. The number of aromatic nitrogens is 2. The molecule has 0 spiro atoms. The molecule has 96 valence electrons.